The van der Waals surface area contributed by atoms with Gasteiger partial charge in [0.2, 0.25) is 0 Å². The molecular formula is C15H22O2. The fraction of sp³-hybridized carbons (Fsp3) is 0.467. The Bertz CT molecular complexity index is 330. The van der Waals surface area contributed by atoms with Crippen LogP contribution >= 0.6 is 0 Å². The molecule has 0 saturated heterocycles. The van der Waals surface area contributed by atoms with Crippen LogP contribution in [0.5, 0.6) is 0 Å². The van der Waals surface area contributed by atoms with Gasteiger partial charge in [-0.25, -0.2) is 0 Å². The van der Waals surface area contributed by atoms with E-state index >= 15 is 0 Å². The maximum Gasteiger partial charge on any atom is 0.119 e. The van der Waals surface area contributed by atoms with Gasteiger partial charge in [-0.2, -0.15) is 0 Å². The Morgan fingerprint density at radius 2 is 1.82 bits per heavy atom. The van der Waals surface area contributed by atoms with Crippen LogP contribution in [0.1, 0.15) is 26.3 Å². The van der Waals surface area contributed by atoms with Crippen LogP contribution in [0.4, 0.5) is 0 Å². The molecule has 0 saturated carbocycles. The molecule has 0 aromatic heterocycles. The first kappa shape index (κ1) is 13.8. The van der Waals surface area contributed by atoms with Crippen molar-refractivity contribution in [3.8, 4) is 0 Å². The predicted molar refractivity (Wildman–Crippen MR) is 70.9 cm³/mol. The Morgan fingerprint density at radius 3 is 2.41 bits per heavy atom. The third-order valence-electron chi connectivity index (χ3n) is 2.28. The lowest BCUT2D eigenvalue weighted by atomic mass is 10.1. The molecule has 1 aromatic rings. The van der Waals surface area contributed by atoms with Gasteiger partial charge in [0, 0.05) is 6.42 Å². The second-order valence-electron chi connectivity index (χ2n) is 4.51. The summed E-state index contributed by atoms with van der Waals surface area (Å²) in [5.74, 6) is 0.788. The number of hydrogen-bond donors (Lipinski definition) is 0. The van der Waals surface area contributed by atoms with E-state index < -0.39 is 0 Å². The van der Waals surface area contributed by atoms with Crippen LogP contribution in [0.3, 0.4) is 0 Å². The van der Waals surface area contributed by atoms with Crippen molar-refractivity contribution in [2.24, 2.45) is 0 Å². The zero-order valence-corrected chi connectivity index (χ0v) is 11.0. The first-order chi connectivity index (χ1) is 8.08. The minimum absolute atomic E-state index is 0.0496. The highest BCUT2D eigenvalue weighted by atomic mass is 16.5. The van der Waals surface area contributed by atoms with E-state index in [0.717, 1.165) is 12.2 Å². The third-order valence-corrected chi connectivity index (χ3v) is 2.28. The molecule has 2 heteroatoms. The van der Waals surface area contributed by atoms with Crippen molar-refractivity contribution in [2.45, 2.75) is 39.4 Å². The lowest BCUT2D eigenvalue weighted by molar-refractivity contribution is -0.00244. The molecule has 0 amide bonds. The van der Waals surface area contributed by atoms with E-state index in [-0.39, 0.29) is 12.2 Å². The standard InChI is InChI=1S/C15H22O2/c1-12(2)16-11-14(4)17-13(3)10-15-8-6-5-7-9-15/h5-9,12,14H,3,10-11H2,1-2,4H3. The summed E-state index contributed by atoms with van der Waals surface area (Å²) in [6.07, 6.45) is 1.05. The Kier molecular flexibility index (Phi) is 5.78. The van der Waals surface area contributed by atoms with Gasteiger partial charge in [0.1, 0.15) is 6.10 Å². The fourth-order valence-corrected chi connectivity index (χ4v) is 1.51. The normalized spacial score (nSPS) is 12.5. The first-order valence-corrected chi connectivity index (χ1v) is 6.08. The van der Waals surface area contributed by atoms with Gasteiger partial charge in [-0.1, -0.05) is 36.9 Å². The van der Waals surface area contributed by atoms with E-state index in [1.54, 1.807) is 0 Å². The molecule has 1 aromatic carbocycles. The van der Waals surface area contributed by atoms with E-state index in [0.29, 0.717) is 6.61 Å². The molecule has 94 valence electrons. The molecule has 0 radical (unpaired) electrons. The molecule has 0 aliphatic carbocycles. The molecule has 0 aliphatic rings. The Balaban J connectivity index is 2.29. The summed E-state index contributed by atoms with van der Waals surface area (Å²) in [5.41, 5.74) is 1.22. The van der Waals surface area contributed by atoms with Crippen molar-refractivity contribution < 1.29 is 9.47 Å². The molecule has 0 fully saturated rings. The van der Waals surface area contributed by atoms with E-state index in [2.05, 4.69) is 18.7 Å². The molecule has 1 rings (SSSR count). The summed E-state index contributed by atoms with van der Waals surface area (Å²) in [5, 5.41) is 0. The molecule has 1 atom stereocenters. The average Bonchev–Trinajstić information content (AvgIpc) is 2.27. The van der Waals surface area contributed by atoms with E-state index in [1.165, 1.54) is 5.56 Å². The molecule has 0 bridgehead atoms. The second-order valence-corrected chi connectivity index (χ2v) is 4.51. The van der Waals surface area contributed by atoms with Crippen LogP contribution in [-0.4, -0.2) is 18.8 Å². The van der Waals surface area contributed by atoms with Crippen LogP contribution < -0.4 is 0 Å². The van der Waals surface area contributed by atoms with Gasteiger partial charge in [0.25, 0.3) is 0 Å². The summed E-state index contributed by atoms with van der Waals surface area (Å²) in [6, 6.07) is 10.2. The minimum atomic E-state index is 0.0496. The summed E-state index contributed by atoms with van der Waals surface area (Å²) in [4.78, 5) is 0. The smallest absolute Gasteiger partial charge is 0.119 e. The zero-order chi connectivity index (χ0) is 12.7. The molecular weight excluding hydrogens is 212 g/mol. The maximum absolute atomic E-state index is 5.69. The largest absolute Gasteiger partial charge is 0.493 e. The molecule has 0 spiro atoms. The molecule has 0 heterocycles. The van der Waals surface area contributed by atoms with Crippen molar-refractivity contribution in [3.63, 3.8) is 0 Å². The lowest BCUT2D eigenvalue weighted by Gasteiger charge is -2.18. The number of ether oxygens (including phenoxy) is 2. The third kappa shape index (κ3) is 6.12. The minimum Gasteiger partial charge on any atom is -0.493 e. The van der Waals surface area contributed by atoms with E-state index in [9.17, 15) is 0 Å². The summed E-state index contributed by atoms with van der Waals surface area (Å²) in [7, 11) is 0. The first-order valence-electron chi connectivity index (χ1n) is 6.08. The molecule has 0 N–H and O–H groups in total. The molecule has 2 nitrogen and oxygen atoms in total. The molecule has 17 heavy (non-hydrogen) atoms. The van der Waals surface area contributed by atoms with E-state index in [1.807, 2.05) is 39.0 Å². The fourth-order valence-electron chi connectivity index (χ4n) is 1.51. The van der Waals surface area contributed by atoms with Gasteiger partial charge in [-0.05, 0) is 26.3 Å². The van der Waals surface area contributed by atoms with Crippen LogP contribution in [-0.2, 0) is 15.9 Å². The number of benzene rings is 1. The van der Waals surface area contributed by atoms with Crippen LogP contribution in [0.25, 0.3) is 0 Å². The van der Waals surface area contributed by atoms with Gasteiger partial charge in [0.15, 0.2) is 0 Å². The maximum atomic E-state index is 5.69. The van der Waals surface area contributed by atoms with Crippen molar-refractivity contribution in [1.29, 1.82) is 0 Å². The molecule has 0 aliphatic heterocycles. The van der Waals surface area contributed by atoms with Gasteiger partial charge in [-0.15, -0.1) is 0 Å². The van der Waals surface area contributed by atoms with Gasteiger partial charge in [-0.3, -0.25) is 0 Å². The molecule has 1 unspecified atom stereocenters. The summed E-state index contributed by atoms with van der Waals surface area (Å²) >= 11 is 0. The second kappa shape index (κ2) is 7.13. The van der Waals surface area contributed by atoms with Crippen molar-refractivity contribution in [1.82, 2.24) is 0 Å². The van der Waals surface area contributed by atoms with Gasteiger partial charge in [0.05, 0.1) is 18.5 Å². The summed E-state index contributed by atoms with van der Waals surface area (Å²) in [6.45, 7) is 10.6. The highest BCUT2D eigenvalue weighted by Crippen LogP contribution is 2.10. The van der Waals surface area contributed by atoms with Crippen molar-refractivity contribution in [3.05, 3.63) is 48.2 Å². The van der Waals surface area contributed by atoms with E-state index in [4.69, 9.17) is 9.47 Å². The predicted octanol–water partition coefficient (Wildman–Crippen LogP) is 3.57. The number of hydrogen-bond acceptors (Lipinski definition) is 2. The van der Waals surface area contributed by atoms with Crippen LogP contribution in [0.15, 0.2) is 42.7 Å². The van der Waals surface area contributed by atoms with Crippen molar-refractivity contribution >= 4 is 0 Å². The topological polar surface area (TPSA) is 18.5 Å². The Labute approximate surface area is 104 Å². The number of rotatable bonds is 7. The highest BCUT2D eigenvalue weighted by Gasteiger charge is 2.06. The average molecular weight is 234 g/mol. The quantitative estimate of drug-likeness (QED) is 0.671. The van der Waals surface area contributed by atoms with Gasteiger partial charge < -0.3 is 9.47 Å². The monoisotopic (exact) mass is 234 g/mol. The SMILES string of the molecule is C=C(Cc1ccccc1)OC(C)COC(C)C. The lowest BCUT2D eigenvalue weighted by Crippen LogP contribution is -2.18. The van der Waals surface area contributed by atoms with Crippen LogP contribution in [0, 0.1) is 0 Å². The Morgan fingerprint density at radius 1 is 1.18 bits per heavy atom. The number of allylic oxidation sites excluding steroid dienone is 1. The zero-order valence-electron chi connectivity index (χ0n) is 11.0. The van der Waals surface area contributed by atoms with Crippen molar-refractivity contribution in [2.75, 3.05) is 6.61 Å². The van der Waals surface area contributed by atoms with Gasteiger partial charge >= 0.3 is 0 Å². The van der Waals surface area contributed by atoms with Crippen LogP contribution in [0.2, 0.25) is 0 Å². The Hall–Kier alpha value is -1.28. The summed E-state index contributed by atoms with van der Waals surface area (Å²) < 4.78 is 11.2. The highest BCUT2D eigenvalue weighted by molar-refractivity contribution is 5.18.